The third-order valence-electron chi connectivity index (χ3n) is 10.9. The number of rotatable bonds is 6. The van der Waals surface area contributed by atoms with E-state index in [0.717, 1.165) is 88.7 Å². The van der Waals surface area contributed by atoms with Crippen LogP contribution in [0.4, 0.5) is 0 Å². The van der Waals surface area contributed by atoms with Crippen LogP contribution in [0.15, 0.2) is 48.5 Å². The Morgan fingerprint density at radius 2 is 0.800 bits per heavy atom. The summed E-state index contributed by atoms with van der Waals surface area (Å²) >= 11 is 0. The maximum absolute atomic E-state index is 12.9. The van der Waals surface area contributed by atoms with Gasteiger partial charge in [-0.05, 0) is 137 Å². The topological polar surface area (TPSA) is 84.0 Å². The Hall–Kier alpha value is -3.48. The lowest BCUT2D eigenvalue weighted by Gasteiger charge is -2.30. The summed E-state index contributed by atoms with van der Waals surface area (Å²) in [6, 6.07) is 16.1. The average Bonchev–Trinajstić information content (AvgIpc) is 3.12. The van der Waals surface area contributed by atoms with Gasteiger partial charge in [-0.1, -0.05) is 24.3 Å². The number of hydrogen-bond acceptors (Lipinski definition) is 5. The fraction of sp³-hybridized carbons (Fsp3) is 0.579. The molecule has 45 heavy (non-hydrogen) atoms. The van der Waals surface area contributed by atoms with Crippen molar-refractivity contribution in [3.8, 4) is 0 Å². The Kier molecular flexibility index (Phi) is 10.3. The fourth-order valence-electron chi connectivity index (χ4n) is 7.95. The van der Waals surface area contributed by atoms with Gasteiger partial charge in [0.05, 0.1) is 11.8 Å². The van der Waals surface area contributed by atoms with Gasteiger partial charge in [-0.3, -0.25) is 19.2 Å². The zero-order chi connectivity index (χ0) is 31.2. The molecular weight excluding hydrogens is 564 g/mol. The summed E-state index contributed by atoms with van der Waals surface area (Å²) in [5, 5.41) is 0. The molecule has 0 radical (unpaired) electrons. The van der Waals surface area contributed by atoms with E-state index < -0.39 is 0 Å². The number of carbonyl (C=O) groups excluding carboxylic acids is 4. The molecule has 7 nitrogen and oxygen atoms in total. The minimum absolute atomic E-state index is 0.126. The first-order chi connectivity index (χ1) is 22.0. The largest absolute Gasteiger partial charge is 0.393 e. The number of nitrogens with zero attached hydrogens (tertiary/aromatic N) is 2. The Balaban J connectivity index is 0.922. The molecule has 240 valence electrons. The molecule has 0 spiro atoms. The van der Waals surface area contributed by atoms with E-state index in [9.17, 15) is 19.2 Å². The maximum Gasteiger partial charge on any atom is 0.316 e. The first-order valence-electron chi connectivity index (χ1n) is 17.5. The second-order valence-electron chi connectivity index (χ2n) is 13.8. The second kappa shape index (κ2) is 14.7. The molecular formula is C38H48N2O5. The lowest BCUT2D eigenvalue weighted by atomic mass is 9.78. The molecule has 0 atom stereocenters. The number of hydrogen-bond donors (Lipinski definition) is 0. The van der Waals surface area contributed by atoms with Crippen molar-refractivity contribution in [2.45, 2.75) is 102 Å². The summed E-state index contributed by atoms with van der Waals surface area (Å²) < 4.78 is 5.45. The van der Waals surface area contributed by atoms with Crippen molar-refractivity contribution in [2.75, 3.05) is 26.2 Å². The van der Waals surface area contributed by atoms with Crippen molar-refractivity contribution in [1.29, 1.82) is 0 Å². The van der Waals surface area contributed by atoms with Gasteiger partial charge in [0.2, 0.25) is 0 Å². The van der Waals surface area contributed by atoms with Crippen LogP contribution in [-0.4, -0.2) is 59.7 Å². The molecule has 4 fully saturated rings. The molecule has 2 aromatic rings. The van der Waals surface area contributed by atoms with E-state index in [1.54, 1.807) is 0 Å². The quantitative estimate of drug-likeness (QED) is 0.253. The molecule has 2 aromatic carbocycles. The van der Waals surface area contributed by atoms with Gasteiger partial charge in [0.25, 0.3) is 11.8 Å². The highest BCUT2D eigenvalue weighted by Gasteiger charge is 2.34. The minimum Gasteiger partial charge on any atom is -0.393 e. The SMILES string of the molecule is O=C(OC(=O)C1CCC(c2ccc(C(=O)N3CCCCC3)cc2)CC1)C1CCC(c2ccc(C(=O)N3CCCCC3)cc2)CC1. The molecule has 6 rings (SSSR count). The van der Waals surface area contributed by atoms with E-state index >= 15 is 0 Å². The van der Waals surface area contributed by atoms with Crippen molar-refractivity contribution in [3.05, 3.63) is 70.8 Å². The van der Waals surface area contributed by atoms with Crippen molar-refractivity contribution in [3.63, 3.8) is 0 Å². The number of ether oxygens (including phenoxy) is 1. The molecule has 2 amide bonds. The predicted octanol–water partition coefficient (Wildman–Crippen LogP) is 7.26. The predicted molar refractivity (Wildman–Crippen MR) is 173 cm³/mol. The van der Waals surface area contributed by atoms with Crippen LogP contribution in [0, 0.1) is 11.8 Å². The van der Waals surface area contributed by atoms with Gasteiger partial charge in [0, 0.05) is 37.3 Å². The normalized spacial score (nSPS) is 25.8. The number of likely N-dealkylation sites (tertiary alicyclic amines) is 2. The molecule has 0 N–H and O–H groups in total. The molecule has 2 saturated carbocycles. The van der Waals surface area contributed by atoms with Crippen LogP contribution in [0.2, 0.25) is 0 Å². The minimum atomic E-state index is -0.364. The van der Waals surface area contributed by atoms with Crippen LogP contribution in [-0.2, 0) is 14.3 Å². The lowest BCUT2D eigenvalue weighted by Crippen LogP contribution is -2.35. The highest BCUT2D eigenvalue weighted by atomic mass is 16.6. The zero-order valence-corrected chi connectivity index (χ0v) is 26.6. The maximum atomic E-state index is 12.9. The highest BCUT2D eigenvalue weighted by molar-refractivity contribution is 5.95. The lowest BCUT2D eigenvalue weighted by molar-refractivity contribution is -0.167. The summed E-state index contributed by atoms with van der Waals surface area (Å²) in [5.41, 5.74) is 3.94. The van der Waals surface area contributed by atoms with Crippen molar-refractivity contribution < 1.29 is 23.9 Å². The molecule has 2 aliphatic carbocycles. The van der Waals surface area contributed by atoms with Crippen molar-refractivity contribution >= 4 is 23.8 Å². The van der Waals surface area contributed by atoms with Crippen LogP contribution in [0.1, 0.15) is 134 Å². The number of amides is 2. The van der Waals surface area contributed by atoms with Crippen LogP contribution in [0.5, 0.6) is 0 Å². The van der Waals surface area contributed by atoms with Crippen molar-refractivity contribution in [1.82, 2.24) is 9.80 Å². The van der Waals surface area contributed by atoms with Gasteiger partial charge in [0.1, 0.15) is 0 Å². The Labute approximate surface area is 267 Å². The smallest absolute Gasteiger partial charge is 0.316 e. The van der Waals surface area contributed by atoms with E-state index in [2.05, 4.69) is 24.3 Å². The third kappa shape index (κ3) is 7.67. The van der Waals surface area contributed by atoms with Gasteiger partial charge in [0.15, 0.2) is 0 Å². The summed E-state index contributed by atoms with van der Waals surface area (Å²) in [4.78, 5) is 55.4. The standard InChI is InChI=1S/C38H48N2O5/c41-35(39-23-3-1-4-24-39)31-15-7-27(8-16-31)29-11-19-33(20-12-29)37(43)45-38(44)34-21-13-30(14-22-34)28-9-17-32(18-10-28)36(42)40-25-5-2-6-26-40/h7-10,15-18,29-30,33-34H,1-6,11-14,19-26H2. The van der Waals surface area contributed by atoms with Gasteiger partial charge in [-0.15, -0.1) is 0 Å². The van der Waals surface area contributed by atoms with Gasteiger partial charge in [-0.2, -0.15) is 0 Å². The average molecular weight is 613 g/mol. The van der Waals surface area contributed by atoms with E-state index in [4.69, 9.17) is 4.74 Å². The molecule has 0 unspecified atom stereocenters. The first-order valence-corrected chi connectivity index (χ1v) is 17.5. The molecule has 4 aliphatic rings. The summed E-state index contributed by atoms with van der Waals surface area (Å²) in [6.07, 6.45) is 13.1. The van der Waals surface area contributed by atoms with E-state index in [0.29, 0.717) is 37.5 Å². The molecule has 2 aliphatic heterocycles. The monoisotopic (exact) mass is 612 g/mol. The van der Waals surface area contributed by atoms with Crippen molar-refractivity contribution in [2.24, 2.45) is 11.8 Å². The summed E-state index contributed by atoms with van der Waals surface area (Å²) in [5.74, 6) is -0.219. The number of carbonyl (C=O) groups is 4. The molecule has 7 heteroatoms. The molecule has 2 saturated heterocycles. The Bertz CT molecular complexity index is 1220. The van der Waals surface area contributed by atoms with Gasteiger partial charge in [-0.25, -0.2) is 0 Å². The first kappa shape index (κ1) is 31.5. The van der Waals surface area contributed by atoms with Crippen LogP contribution in [0.25, 0.3) is 0 Å². The molecule has 0 bridgehead atoms. The number of esters is 2. The number of piperidine rings is 2. The van der Waals surface area contributed by atoms with E-state index in [1.807, 2.05) is 34.1 Å². The van der Waals surface area contributed by atoms with Crippen LogP contribution >= 0.6 is 0 Å². The Morgan fingerprint density at radius 3 is 1.13 bits per heavy atom. The summed E-state index contributed by atoms with van der Waals surface area (Å²) in [7, 11) is 0. The third-order valence-corrected chi connectivity index (χ3v) is 10.9. The fourth-order valence-corrected chi connectivity index (χ4v) is 7.95. The molecule has 0 aromatic heterocycles. The molecule has 2 heterocycles. The second-order valence-corrected chi connectivity index (χ2v) is 13.8. The zero-order valence-electron chi connectivity index (χ0n) is 26.6. The van der Waals surface area contributed by atoms with Crippen LogP contribution in [0.3, 0.4) is 0 Å². The summed E-state index contributed by atoms with van der Waals surface area (Å²) in [6.45, 7) is 3.40. The Morgan fingerprint density at radius 1 is 0.467 bits per heavy atom. The van der Waals surface area contributed by atoms with E-state index in [1.165, 1.54) is 24.0 Å². The van der Waals surface area contributed by atoms with Crippen LogP contribution < -0.4 is 0 Å². The highest BCUT2D eigenvalue weighted by Crippen LogP contribution is 2.39. The number of benzene rings is 2. The van der Waals surface area contributed by atoms with E-state index in [-0.39, 0.29) is 35.6 Å². The van der Waals surface area contributed by atoms with Gasteiger partial charge >= 0.3 is 11.9 Å². The van der Waals surface area contributed by atoms with Gasteiger partial charge < -0.3 is 14.5 Å².